The van der Waals surface area contributed by atoms with Crippen molar-refractivity contribution in [2.45, 2.75) is 43.9 Å². The first-order chi connectivity index (χ1) is 16.6. The minimum Gasteiger partial charge on any atom is -0.314 e. The Kier molecular flexibility index (Phi) is 5.65. The number of halogens is 6. The number of benzene rings is 1. The van der Waals surface area contributed by atoms with E-state index >= 15 is 0 Å². The van der Waals surface area contributed by atoms with Gasteiger partial charge >= 0.3 is 12.2 Å². The highest BCUT2D eigenvalue weighted by molar-refractivity contribution is 5.91. The van der Waals surface area contributed by atoms with E-state index in [-0.39, 0.29) is 25.0 Å². The van der Waals surface area contributed by atoms with Gasteiger partial charge < -0.3 is 10.2 Å². The first kappa shape index (κ1) is 23.1. The summed E-state index contributed by atoms with van der Waals surface area (Å²) in [6.45, 7) is 0. The summed E-state index contributed by atoms with van der Waals surface area (Å²) in [5, 5.41) is 2.40. The lowest BCUT2D eigenvalue weighted by atomic mass is 9.81. The third-order valence-corrected chi connectivity index (χ3v) is 6.48. The van der Waals surface area contributed by atoms with Crippen molar-refractivity contribution in [1.29, 1.82) is 0 Å². The van der Waals surface area contributed by atoms with Crippen molar-refractivity contribution < 1.29 is 32.6 Å². The number of rotatable bonds is 2. The lowest BCUT2D eigenvalue weighted by Gasteiger charge is -2.46. The van der Waals surface area contributed by atoms with Gasteiger partial charge in [-0.15, -0.1) is 0 Å². The molecular formula is C24H20F6N4O. The molecule has 0 unspecified atom stereocenters. The molecule has 2 bridgehead atoms. The molecule has 1 fully saturated rings. The van der Waals surface area contributed by atoms with Crippen molar-refractivity contribution in [3.63, 3.8) is 0 Å². The van der Waals surface area contributed by atoms with Crippen LogP contribution in [0.4, 0.5) is 36.8 Å². The highest BCUT2D eigenvalue weighted by Gasteiger charge is 2.41. The first-order valence-corrected chi connectivity index (χ1v) is 10.9. The minimum absolute atomic E-state index is 0. The number of amides is 2. The Morgan fingerprint density at radius 1 is 1.06 bits per heavy atom. The van der Waals surface area contributed by atoms with Crippen molar-refractivity contribution in [2.24, 2.45) is 0 Å². The second-order valence-electron chi connectivity index (χ2n) is 8.55. The smallest absolute Gasteiger partial charge is 0.314 e. The molecule has 2 aliphatic heterocycles. The van der Waals surface area contributed by atoms with Gasteiger partial charge in [-0.3, -0.25) is 4.98 Å². The van der Waals surface area contributed by atoms with Crippen LogP contribution in [0, 0.1) is 17.6 Å². The van der Waals surface area contributed by atoms with E-state index in [1.54, 1.807) is 6.07 Å². The van der Waals surface area contributed by atoms with Gasteiger partial charge in [-0.1, -0.05) is 6.07 Å². The molecule has 2 aromatic heterocycles. The van der Waals surface area contributed by atoms with Crippen molar-refractivity contribution in [2.75, 3.05) is 5.32 Å². The molecule has 5 nitrogen and oxygen atoms in total. The number of piperidine rings is 1. The second kappa shape index (κ2) is 8.54. The fourth-order valence-corrected chi connectivity index (χ4v) is 4.89. The highest BCUT2D eigenvalue weighted by Crippen LogP contribution is 2.42. The Morgan fingerprint density at radius 2 is 1.86 bits per heavy atom. The normalized spacial score (nSPS) is 19.3. The van der Waals surface area contributed by atoms with Crippen LogP contribution in [0.5, 0.6) is 0 Å². The van der Waals surface area contributed by atoms with Crippen LogP contribution in [0.1, 0.15) is 43.6 Å². The van der Waals surface area contributed by atoms with E-state index < -0.39 is 47.2 Å². The molecule has 11 heteroatoms. The fraction of sp³-hybridized carbons (Fsp3) is 0.292. The largest absolute Gasteiger partial charge is 0.433 e. The molecule has 0 spiro atoms. The predicted molar refractivity (Wildman–Crippen MR) is 116 cm³/mol. The summed E-state index contributed by atoms with van der Waals surface area (Å²) >= 11 is 0. The summed E-state index contributed by atoms with van der Waals surface area (Å²) < 4.78 is 82.0. The summed E-state index contributed by atoms with van der Waals surface area (Å²) in [5.74, 6) is -2.48. The maximum atomic E-state index is 14.8. The number of nitrogens with zero attached hydrogens (tertiary/aromatic N) is 3. The number of alkyl halides is 3. The topological polar surface area (TPSA) is 58.1 Å². The van der Waals surface area contributed by atoms with Crippen LogP contribution >= 0.6 is 0 Å². The molecular weight excluding hydrogens is 474 g/mol. The predicted octanol–water partition coefficient (Wildman–Crippen LogP) is 6.51. The Morgan fingerprint density at radius 3 is 2.57 bits per heavy atom. The zero-order chi connectivity index (χ0) is 24.9. The Balaban J connectivity index is 0.00000304. The molecule has 0 radical (unpaired) electrons. The van der Waals surface area contributed by atoms with Crippen LogP contribution in [-0.4, -0.2) is 26.9 Å². The number of urea groups is 1. The summed E-state index contributed by atoms with van der Waals surface area (Å²) in [5.41, 5.74) is -0.798. The Labute approximate surface area is 197 Å². The maximum Gasteiger partial charge on any atom is 0.433 e. The number of hydrogen-bond donors (Lipinski definition) is 1. The van der Waals surface area contributed by atoms with Gasteiger partial charge in [0, 0.05) is 42.6 Å². The average molecular weight is 494 g/mol. The van der Waals surface area contributed by atoms with E-state index in [1.165, 1.54) is 11.1 Å². The van der Waals surface area contributed by atoms with Gasteiger partial charge in [-0.05, 0) is 49.4 Å². The summed E-state index contributed by atoms with van der Waals surface area (Å²) in [6, 6.07) is 3.52. The molecule has 0 aliphatic carbocycles. The van der Waals surface area contributed by atoms with E-state index in [1.807, 2.05) is 0 Å². The number of nitrogens with one attached hydrogen (secondary N) is 1. The number of aromatic nitrogens is 2. The summed E-state index contributed by atoms with van der Waals surface area (Å²) in [6.07, 6.45) is -0.184. The number of carbonyl (C=O) groups is 1. The van der Waals surface area contributed by atoms with Crippen molar-refractivity contribution in [3.8, 4) is 11.1 Å². The minimum atomic E-state index is -4.66. The maximum absolute atomic E-state index is 14.8. The van der Waals surface area contributed by atoms with E-state index in [0.29, 0.717) is 30.0 Å². The molecule has 35 heavy (non-hydrogen) atoms. The number of anilines is 1. The van der Waals surface area contributed by atoms with Crippen LogP contribution in [0.25, 0.3) is 11.1 Å². The van der Waals surface area contributed by atoms with Gasteiger partial charge in [-0.25, -0.2) is 18.6 Å². The first-order valence-electron chi connectivity index (χ1n) is 10.9. The average Bonchev–Trinajstić information content (AvgIpc) is 2.81. The molecule has 2 aliphatic rings. The van der Waals surface area contributed by atoms with Gasteiger partial charge in [0.2, 0.25) is 5.95 Å². The van der Waals surface area contributed by atoms with Crippen LogP contribution in [-0.2, 0) is 12.6 Å². The Bertz CT molecular complexity index is 1300. The zero-order valence-corrected chi connectivity index (χ0v) is 18.0. The lowest BCUT2D eigenvalue weighted by Crippen LogP contribution is -2.51. The second-order valence-corrected chi connectivity index (χ2v) is 8.55. The monoisotopic (exact) mass is 494 g/mol. The molecule has 184 valence electrons. The number of pyridine rings is 2. The number of carbonyl (C=O) groups excluding carboxylic acids is 1. The van der Waals surface area contributed by atoms with Crippen LogP contribution in [0.2, 0.25) is 0 Å². The SMILES string of the molecule is O=C(Nc1cc(F)c(-c2ccc(C(F)(F)F)nc2)cc1F)N1[C@H]2CCC[C@@H]1c1ccnc(F)c1C2.[HH]. The zero-order valence-electron chi connectivity index (χ0n) is 18.0. The van der Waals surface area contributed by atoms with E-state index in [9.17, 15) is 31.1 Å². The van der Waals surface area contributed by atoms with Gasteiger partial charge in [0.15, 0.2) is 0 Å². The molecule has 4 heterocycles. The molecule has 1 N–H and O–H groups in total. The summed E-state index contributed by atoms with van der Waals surface area (Å²) in [4.78, 5) is 21.6. The standard InChI is InChI=1S/C24H18F6N4O.H2/c25-17-10-19(18(26)9-15(17)12-4-5-21(32-11-12)24(28,29)30)33-23(35)34-13-2-1-3-20(34)14-6-7-31-22(27)16(14)8-13;/h4-7,9-11,13,20H,1-3,8H2,(H,33,35);1H/t13-,20+;/m0./s1. The molecule has 1 aromatic carbocycles. The lowest BCUT2D eigenvalue weighted by molar-refractivity contribution is -0.141. The van der Waals surface area contributed by atoms with Crippen molar-refractivity contribution in [1.82, 2.24) is 14.9 Å². The van der Waals surface area contributed by atoms with Gasteiger partial charge in [0.05, 0.1) is 11.7 Å². The van der Waals surface area contributed by atoms with Gasteiger partial charge in [0.25, 0.3) is 0 Å². The van der Waals surface area contributed by atoms with E-state index in [4.69, 9.17) is 0 Å². The number of hydrogen-bond acceptors (Lipinski definition) is 3. The van der Waals surface area contributed by atoms with Gasteiger partial charge in [0.1, 0.15) is 17.3 Å². The molecule has 1 saturated heterocycles. The van der Waals surface area contributed by atoms with E-state index in [0.717, 1.165) is 30.8 Å². The van der Waals surface area contributed by atoms with Gasteiger partial charge in [-0.2, -0.15) is 17.6 Å². The summed E-state index contributed by atoms with van der Waals surface area (Å²) in [7, 11) is 0. The van der Waals surface area contributed by atoms with E-state index in [2.05, 4.69) is 15.3 Å². The quantitative estimate of drug-likeness (QED) is 0.327. The molecule has 2 amide bonds. The van der Waals surface area contributed by atoms with Crippen LogP contribution in [0.15, 0.2) is 42.7 Å². The Hall–Kier alpha value is -3.63. The highest BCUT2D eigenvalue weighted by atomic mass is 19.4. The third kappa shape index (κ3) is 4.19. The van der Waals surface area contributed by atoms with Crippen molar-refractivity contribution in [3.05, 3.63) is 77.1 Å². The third-order valence-electron chi connectivity index (χ3n) is 6.48. The number of fused-ring (bicyclic) bond motifs is 4. The molecule has 5 rings (SSSR count). The van der Waals surface area contributed by atoms with Crippen LogP contribution in [0.3, 0.4) is 0 Å². The van der Waals surface area contributed by atoms with Crippen LogP contribution < -0.4 is 5.32 Å². The molecule has 3 aromatic rings. The fourth-order valence-electron chi connectivity index (χ4n) is 4.89. The van der Waals surface area contributed by atoms with Crippen molar-refractivity contribution >= 4 is 11.7 Å². The molecule has 2 atom stereocenters. The molecule has 0 saturated carbocycles.